The summed E-state index contributed by atoms with van der Waals surface area (Å²) >= 11 is 0. The van der Waals surface area contributed by atoms with Gasteiger partial charge in [0.05, 0.1) is 14.2 Å². The first-order valence-electron chi connectivity index (χ1n) is 7.71. The fourth-order valence-corrected chi connectivity index (χ4v) is 4.11. The maximum absolute atomic E-state index is 11.6. The number of carbonyl (C=O) groups excluding carboxylic acids is 1. The van der Waals surface area contributed by atoms with Crippen LogP contribution in [0.3, 0.4) is 0 Å². The van der Waals surface area contributed by atoms with Gasteiger partial charge in [-0.3, -0.25) is 4.79 Å². The number of carbonyl (C=O) groups is 1. The van der Waals surface area contributed by atoms with Crippen molar-refractivity contribution < 1.29 is 14.4 Å². The number of methoxy groups -OCH3 is 1. The van der Waals surface area contributed by atoms with E-state index in [0.29, 0.717) is 30.3 Å². The Balaban J connectivity index is 2.06. The minimum Gasteiger partial charge on any atom is -0.469 e. The Morgan fingerprint density at radius 3 is 2.75 bits per heavy atom. The number of rotatable bonds is 5. The summed E-state index contributed by atoms with van der Waals surface area (Å²) in [5.74, 6) is 0.931. The molecule has 1 heterocycles. The van der Waals surface area contributed by atoms with Crippen LogP contribution in [0.25, 0.3) is 0 Å². The Labute approximate surface area is 122 Å². The van der Waals surface area contributed by atoms with Crippen LogP contribution in [0.4, 0.5) is 0 Å². The molecule has 0 radical (unpaired) electrons. The van der Waals surface area contributed by atoms with E-state index in [4.69, 9.17) is 9.57 Å². The van der Waals surface area contributed by atoms with E-state index in [1.807, 2.05) is 6.08 Å². The number of piperidine rings is 1. The molecular weight excluding hydrogens is 254 g/mol. The first-order chi connectivity index (χ1) is 9.71. The van der Waals surface area contributed by atoms with Crippen LogP contribution < -0.4 is 0 Å². The van der Waals surface area contributed by atoms with Crippen LogP contribution in [0, 0.1) is 11.8 Å². The molecule has 2 rings (SSSR count). The molecule has 0 bridgehead atoms. The maximum atomic E-state index is 11.6. The molecule has 114 valence electrons. The van der Waals surface area contributed by atoms with Crippen molar-refractivity contribution in [3.63, 3.8) is 0 Å². The van der Waals surface area contributed by atoms with Gasteiger partial charge in [-0.1, -0.05) is 12.5 Å². The Kier molecular flexibility index (Phi) is 5.61. The maximum Gasteiger partial charge on any atom is 0.305 e. The zero-order chi connectivity index (χ0) is 14.5. The third kappa shape index (κ3) is 3.23. The lowest BCUT2D eigenvalue weighted by Gasteiger charge is -2.49. The highest BCUT2D eigenvalue weighted by Crippen LogP contribution is 2.43. The van der Waals surface area contributed by atoms with Crippen molar-refractivity contribution in [1.29, 1.82) is 0 Å². The van der Waals surface area contributed by atoms with Crippen LogP contribution in [0.15, 0.2) is 12.7 Å². The Bertz CT molecular complexity index is 345. The summed E-state index contributed by atoms with van der Waals surface area (Å²) in [6, 6.07) is 0.887. The van der Waals surface area contributed by atoms with E-state index in [-0.39, 0.29) is 5.97 Å². The number of esters is 1. The number of hydrogen-bond acceptors (Lipinski definition) is 4. The van der Waals surface area contributed by atoms with Gasteiger partial charge in [0.15, 0.2) is 0 Å². The number of hydroxylamine groups is 2. The minimum absolute atomic E-state index is 0.0761. The van der Waals surface area contributed by atoms with Crippen LogP contribution in [0.2, 0.25) is 0 Å². The van der Waals surface area contributed by atoms with E-state index in [2.05, 4.69) is 11.6 Å². The van der Waals surface area contributed by atoms with Crippen LogP contribution in [-0.2, 0) is 14.4 Å². The van der Waals surface area contributed by atoms with Gasteiger partial charge in [0.2, 0.25) is 0 Å². The molecule has 1 saturated heterocycles. The summed E-state index contributed by atoms with van der Waals surface area (Å²) in [6.07, 6.45) is 9.29. The largest absolute Gasteiger partial charge is 0.469 e. The fourth-order valence-electron chi connectivity index (χ4n) is 4.11. The number of fused-ring (bicyclic) bond motifs is 1. The molecule has 0 aromatic carbocycles. The Hall–Kier alpha value is -0.870. The van der Waals surface area contributed by atoms with Gasteiger partial charge in [0, 0.05) is 18.5 Å². The average Bonchev–Trinajstić information content (AvgIpc) is 2.47. The van der Waals surface area contributed by atoms with Gasteiger partial charge in [-0.25, -0.2) is 0 Å². The van der Waals surface area contributed by atoms with Crippen molar-refractivity contribution in [2.45, 2.75) is 57.0 Å². The second-order valence-electron chi connectivity index (χ2n) is 6.00. The molecule has 1 aliphatic carbocycles. The van der Waals surface area contributed by atoms with Crippen molar-refractivity contribution in [2.24, 2.45) is 11.8 Å². The van der Waals surface area contributed by atoms with Gasteiger partial charge in [-0.15, -0.1) is 6.58 Å². The number of nitrogens with zero attached hydrogens (tertiary/aromatic N) is 1. The topological polar surface area (TPSA) is 38.8 Å². The molecule has 0 aromatic heterocycles. The first kappa shape index (κ1) is 15.5. The minimum atomic E-state index is -0.0761. The third-order valence-corrected chi connectivity index (χ3v) is 5.00. The Morgan fingerprint density at radius 2 is 2.10 bits per heavy atom. The molecule has 2 fully saturated rings. The third-order valence-electron chi connectivity index (χ3n) is 5.00. The summed E-state index contributed by atoms with van der Waals surface area (Å²) in [7, 11) is 3.24. The lowest BCUT2D eigenvalue weighted by atomic mass is 9.69. The van der Waals surface area contributed by atoms with Crippen molar-refractivity contribution in [2.75, 3.05) is 14.2 Å². The van der Waals surface area contributed by atoms with Gasteiger partial charge in [0.25, 0.3) is 0 Å². The van der Waals surface area contributed by atoms with E-state index in [9.17, 15) is 4.79 Å². The van der Waals surface area contributed by atoms with Crippen molar-refractivity contribution in [3.05, 3.63) is 12.7 Å². The normalized spacial score (nSPS) is 34.3. The second-order valence-corrected chi connectivity index (χ2v) is 6.00. The molecule has 0 amide bonds. The molecule has 4 heteroatoms. The smallest absolute Gasteiger partial charge is 0.305 e. The summed E-state index contributed by atoms with van der Waals surface area (Å²) < 4.78 is 4.85. The first-order valence-corrected chi connectivity index (χ1v) is 7.71. The van der Waals surface area contributed by atoms with Gasteiger partial charge in [-0.2, -0.15) is 5.06 Å². The fraction of sp³-hybridized carbons (Fsp3) is 0.812. The summed E-state index contributed by atoms with van der Waals surface area (Å²) in [5.41, 5.74) is 0. The predicted molar refractivity (Wildman–Crippen MR) is 77.9 cm³/mol. The highest BCUT2D eigenvalue weighted by atomic mass is 16.7. The molecular formula is C16H27NO3. The molecule has 0 unspecified atom stereocenters. The summed E-state index contributed by atoms with van der Waals surface area (Å²) in [4.78, 5) is 17.3. The SMILES string of the molecule is C=CC[C@@H]1CC[C@H]2[C@H](CC(=O)OC)CCC[C@H]2N1OC. The van der Waals surface area contributed by atoms with Gasteiger partial charge < -0.3 is 9.57 Å². The van der Waals surface area contributed by atoms with E-state index in [0.717, 1.165) is 19.3 Å². The predicted octanol–water partition coefficient (Wildman–Crippen LogP) is 2.94. The molecule has 4 nitrogen and oxygen atoms in total. The summed E-state index contributed by atoms with van der Waals surface area (Å²) in [6.45, 7) is 3.85. The molecule has 1 saturated carbocycles. The highest BCUT2D eigenvalue weighted by Gasteiger charge is 2.43. The molecule has 1 aliphatic heterocycles. The van der Waals surface area contributed by atoms with E-state index < -0.39 is 0 Å². The zero-order valence-corrected chi connectivity index (χ0v) is 12.7. The number of ether oxygens (including phenoxy) is 1. The molecule has 0 aromatic rings. The molecule has 0 spiro atoms. The number of hydrogen-bond donors (Lipinski definition) is 0. The second kappa shape index (κ2) is 7.23. The molecule has 0 N–H and O–H groups in total. The van der Waals surface area contributed by atoms with Crippen LogP contribution >= 0.6 is 0 Å². The lowest BCUT2D eigenvalue weighted by Crippen LogP contribution is -2.53. The molecule has 2 aliphatic rings. The Morgan fingerprint density at radius 1 is 1.30 bits per heavy atom. The highest BCUT2D eigenvalue weighted by molar-refractivity contribution is 5.69. The van der Waals surface area contributed by atoms with Crippen LogP contribution in [0.1, 0.15) is 44.9 Å². The van der Waals surface area contributed by atoms with Crippen LogP contribution in [-0.4, -0.2) is 37.3 Å². The lowest BCUT2D eigenvalue weighted by molar-refractivity contribution is -0.230. The van der Waals surface area contributed by atoms with Gasteiger partial charge >= 0.3 is 5.97 Å². The standard InChI is InChI=1S/C16H27NO3/c1-4-6-13-9-10-14-12(11-16(18)19-2)7-5-8-15(14)17(13)20-3/h4,12-15H,1,5-11H2,2-3H3/t12-,13+,14-,15+/m0/s1. The van der Waals surface area contributed by atoms with E-state index in [1.165, 1.54) is 26.4 Å². The monoisotopic (exact) mass is 281 g/mol. The molecule has 4 atom stereocenters. The van der Waals surface area contributed by atoms with Gasteiger partial charge in [-0.05, 0) is 43.9 Å². The zero-order valence-electron chi connectivity index (χ0n) is 12.7. The average molecular weight is 281 g/mol. The summed E-state index contributed by atoms with van der Waals surface area (Å²) in [5, 5.41) is 2.18. The van der Waals surface area contributed by atoms with Crippen molar-refractivity contribution >= 4 is 5.97 Å². The quantitative estimate of drug-likeness (QED) is 0.574. The van der Waals surface area contributed by atoms with Crippen molar-refractivity contribution in [3.8, 4) is 0 Å². The van der Waals surface area contributed by atoms with Crippen LogP contribution in [0.5, 0.6) is 0 Å². The van der Waals surface area contributed by atoms with Crippen molar-refractivity contribution in [1.82, 2.24) is 5.06 Å². The van der Waals surface area contributed by atoms with E-state index in [1.54, 1.807) is 7.11 Å². The van der Waals surface area contributed by atoms with Gasteiger partial charge in [0.1, 0.15) is 0 Å². The van der Waals surface area contributed by atoms with E-state index >= 15 is 0 Å². The molecule has 20 heavy (non-hydrogen) atoms.